The van der Waals surface area contributed by atoms with E-state index in [1.165, 1.54) is 24.3 Å². The Balaban J connectivity index is 2.25. The van der Waals surface area contributed by atoms with Crippen LogP contribution in [0.2, 0.25) is 0 Å². The van der Waals surface area contributed by atoms with Gasteiger partial charge in [-0.05, 0) is 36.2 Å². The molecule has 1 aliphatic rings. The van der Waals surface area contributed by atoms with Crippen LogP contribution in [-0.2, 0) is 21.3 Å². The maximum atomic E-state index is 14.5. The van der Waals surface area contributed by atoms with Crippen molar-refractivity contribution in [3.8, 4) is 5.75 Å². The first kappa shape index (κ1) is 17.8. The Kier molecular flexibility index (Phi) is 4.53. The first-order valence-electron chi connectivity index (χ1n) is 7.88. The summed E-state index contributed by atoms with van der Waals surface area (Å²) in [5.74, 6) is -1.96. The van der Waals surface area contributed by atoms with Crippen molar-refractivity contribution >= 4 is 9.84 Å². The van der Waals surface area contributed by atoms with Gasteiger partial charge in [-0.3, -0.25) is 0 Å². The van der Waals surface area contributed by atoms with Crippen LogP contribution in [-0.4, -0.2) is 15.0 Å². The average molecular weight is 370 g/mol. The van der Waals surface area contributed by atoms with Crippen molar-refractivity contribution in [2.45, 2.75) is 36.1 Å². The van der Waals surface area contributed by atoms with Gasteiger partial charge >= 0.3 is 0 Å². The predicted molar refractivity (Wildman–Crippen MR) is 86.9 cm³/mol. The molecule has 1 aliphatic heterocycles. The molecule has 0 spiro atoms. The van der Waals surface area contributed by atoms with Gasteiger partial charge in [-0.1, -0.05) is 19.1 Å². The molecule has 7 heteroatoms. The maximum Gasteiger partial charge on any atom is 0.188 e. The first-order valence-corrected chi connectivity index (χ1v) is 9.36. The molecule has 2 aromatic carbocycles. The normalized spacial score (nSPS) is 20.0. The molecule has 25 heavy (non-hydrogen) atoms. The van der Waals surface area contributed by atoms with E-state index < -0.39 is 32.9 Å². The molecule has 134 valence electrons. The predicted octanol–water partition coefficient (Wildman–Crippen LogP) is 4.30. The van der Waals surface area contributed by atoms with Crippen molar-refractivity contribution in [2.75, 3.05) is 6.61 Å². The number of rotatable bonds is 4. The van der Waals surface area contributed by atoms with E-state index in [0.29, 0.717) is 5.56 Å². The standard InChI is InChI=1S/C18H17F3O3S/c1-2-18(25(22,23)13-5-3-12(11-19)4-6-13)9-10-24-17-15(21)8-7-14(20)16(17)18/h3-8H,2,9-11H2,1H3. The third-order valence-electron chi connectivity index (χ3n) is 4.74. The van der Waals surface area contributed by atoms with Crippen LogP contribution in [0.15, 0.2) is 41.3 Å². The number of fused-ring (bicyclic) bond motifs is 1. The SMILES string of the molecule is CCC1(S(=O)(=O)c2ccc(CF)cc2)CCOc2c(F)ccc(F)c21. The fourth-order valence-electron chi connectivity index (χ4n) is 3.34. The Bertz CT molecular complexity index is 895. The number of sulfone groups is 1. The maximum absolute atomic E-state index is 14.5. The van der Waals surface area contributed by atoms with Gasteiger partial charge in [-0.25, -0.2) is 21.6 Å². The lowest BCUT2D eigenvalue weighted by atomic mass is 9.89. The third-order valence-corrected chi connectivity index (χ3v) is 7.36. The minimum absolute atomic E-state index is 0.00404. The highest BCUT2D eigenvalue weighted by Gasteiger charge is 2.50. The quantitative estimate of drug-likeness (QED) is 0.806. The molecule has 1 heterocycles. The molecule has 0 bridgehead atoms. The van der Waals surface area contributed by atoms with Gasteiger partial charge in [0.25, 0.3) is 0 Å². The summed E-state index contributed by atoms with van der Waals surface area (Å²) in [5.41, 5.74) is 0.0740. The second-order valence-electron chi connectivity index (χ2n) is 5.96. The van der Waals surface area contributed by atoms with Crippen LogP contribution < -0.4 is 4.74 Å². The van der Waals surface area contributed by atoms with Crippen LogP contribution in [0.5, 0.6) is 5.75 Å². The van der Waals surface area contributed by atoms with Crippen molar-refractivity contribution in [3.05, 3.63) is 59.2 Å². The topological polar surface area (TPSA) is 43.4 Å². The first-order chi connectivity index (χ1) is 11.9. The minimum Gasteiger partial charge on any atom is -0.490 e. The third kappa shape index (κ3) is 2.61. The van der Waals surface area contributed by atoms with E-state index in [2.05, 4.69) is 0 Å². The summed E-state index contributed by atoms with van der Waals surface area (Å²) < 4.78 is 71.6. The number of benzene rings is 2. The lowest BCUT2D eigenvalue weighted by Crippen LogP contribution is -2.41. The second-order valence-corrected chi connectivity index (χ2v) is 8.22. The fraction of sp³-hybridized carbons (Fsp3) is 0.333. The van der Waals surface area contributed by atoms with Crippen molar-refractivity contribution in [3.63, 3.8) is 0 Å². The minimum atomic E-state index is -4.06. The second kappa shape index (κ2) is 6.37. The molecule has 0 N–H and O–H groups in total. The smallest absolute Gasteiger partial charge is 0.188 e. The van der Waals surface area contributed by atoms with Crippen molar-refractivity contribution in [1.82, 2.24) is 0 Å². The van der Waals surface area contributed by atoms with Gasteiger partial charge < -0.3 is 4.74 Å². The zero-order valence-electron chi connectivity index (χ0n) is 13.6. The van der Waals surface area contributed by atoms with Crippen LogP contribution in [0.4, 0.5) is 13.2 Å². The van der Waals surface area contributed by atoms with Gasteiger partial charge in [0.2, 0.25) is 0 Å². The van der Waals surface area contributed by atoms with Gasteiger partial charge in [-0.15, -0.1) is 0 Å². The molecule has 0 saturated heterocycles. The van der Waals surface area contributed by atoms with Crippen LogP contribution in [0.25, 0.3) is 0 Å². The van der Waals surface area contributed by atoms with E-state index >= 15 is 0 Å². The monoisotopic (exact) mass is 370 g/mol. The highest BCUT2D eigenvalue weighted by molar-refractivity contribution is 7.92. The Morgan fingerprint density at radius 3 is 2.32 bits per heavy atom. The molecule has 2 aromatic rings. The molecule has 0 aliphatic carbocycles. The van der Waals surface area contributed by atoms with Crippen LogP contribution in [0.1, 0.15) is 30.9 Å². The van der Waals surface area contributed by atoms with E-state index in [1.807, 2.05) is 0 Å². The van der Waals surface area contributed by atoms with Crippen molar-refractivity contribution in [2.24, 2.45) is 0 Å². The molecule has 1 atom stereocenters. The van der Waals surface area contributed by atoms with E-state index in [0.717, 1.165) is 12.1 Å². The number of halogens is 3. The van der Waals surface area contributed by atoms with Gasteiger partial charge in [0.05, 0.1) is 17.1 Å². The fourth-order valence-corrected chi connectivity index (χ4v) is 5.47. The lowest BCUT2D eigenvalue weighted by Gasteiger charge is -2.37. The van der Waals surface area contributed by atoms with E-state index in [1.54, 1.807) is 6.92 Å². The molecule has 3 rings (SSSR count). The van der Waals surface area contributed by atoms with Gasteiger partial charge in [-0.2, -0.15) is 0 Å². The van der Waals surface area contributed by atoms with Crippen LogP contribution >= 0.6 is 0 Å². The van der Waals surface area contributed by atoms with Crippen molar-refractivity contribution < 1.29 is 26.3 Å². The van der Waals surface area contributed by atoms with Crippen LogP contribution in [0, 0.1) is 11.6 Å². The number of hydrogen-bond acceptors (Lipinski definition) is 3. The Labute approximate surface area is 144 Å². The molecule has 3 nitrogen and oxygen atoms in total. The number of ether oxygens (including phenoxy) is 1. The number of alkyl halides is 1. The zero-order chi connectivity index (χ0) is 18.2. The summed E-state index contributed by atoms with van der Waals surface area (Å²) >= 11 is 0. The van der Waals surface area contributed by atoms with Gasteiger partial charge in [0, 0.05) is 6.42 Å². The summed E-state index contributed by atoms with van der Waals surface area (Å²) in [5, 5.41) is 0. The molecule has 0 saturated carbocycles. The van der Waals surface area contributed by atoms with Gasteiger partial charge in [0.1, 0.15) is 17.2 Å². The molecule has 0 amide bonds. The molecular formula is C18H17F3O3S. The molecule has 1 unspecified atom stereocenters. The summed E-state index contributed by atoms with van der Waals surface area (Å²) in [6.45, 7) is 0.867. The Hall–Kier alpha value is -2.02. The summed E-state index contributed by atoms with van der Waals surface area (Å²) in [7, 11) is -4.06. The Morgan fingerprint density at radius 2 is 1.72 bits per heavy atom. The molecule has 0 fully saturated rings. The van der Waals surface area contributed by atoms with E-state index in [4.69, 9.17) is 4.74 Å². The molecular weight excluding hydrogens is 353 g/mol. The molecule has 0 radical (unpaired) electrons. The molecule has 0 aromatic heterocycles. The summed E-state index contributed by atoms with van der Waals surface area (Å²) in [4.78, 5) is -0.0527. The van der Waals surface area contributed by atoms with E-state index in [-0.39, 0.29) is 35.7 Å². The summed E-state index contributed by atoms with van der Waals surface area (Å²) in [6, 6.07) is 7.18. The Morgan fingerprint density at radius 1 is 1.08 bits per heavy atom. The lowest BCUT2D eigenvalue weighted by molar-refractivity contribution is 0.230. The highest BCUT2D eigenvalue weighted by Crippen LogP contribution is 2.49. The van der Waals surface area contributed by atoms with E-state index in [9.17, 15) is 21.6 Å². The average Bonchev–Trinajstić information content (AvgIpc) is 2.64. The summed E-state index contributed by atoms with van der Waals surface area (Å²) in [6.07, 6.45) is 0.0565. The van der Waals surface area contributed by atoms with Gasteiger partial charge in [0.15, 0.2) is 21.4 Å². The number of hydrogen-bond donors (Lipinski definition) is 0. The van der Waals surface area contributed by atoms with Crippen molar-refractivity contribution in [1.29, 1.82) is 0 Å². The highest BCUT2D eigenvalue weighted by atomic mass is 32.2. The largest absolute Gasteiger partial charge is 0.490 e. The van der Waals surface area contributed by atoms with Crippen LogP contribution in [0.3, 0.4) is 0 Å². The zero-order valence-corrected chi connectivity index (χ0v) is 14.4.